The molecule has 0 spiro atoms. The third-order valence-electron chi connectivity index (χ3n) is 12.7. The van der Waals surface area contributed by atoms with Gasteiger partial charge in [-0.3, -0.25) is 9.59 Å². The van der Waals surface area contributed by atoms with E-state index in [1.165, 1.54) is 0 Å². The van der Waals surface area contributed by atoms with E-state index in [-0.39, 0.29) is 10.9 Å². The van der Waals surface area contributed by atoms with E-state index in [0.29, 0.717) is 21.5 Å². The second-order valence-electron chi connectivity index (χ2n) is 15.9. The summed E-state index contributed by atoms with van der Waals surface area (Å²) in [6, 6.07) is 70.4. The van der Waals surface area contributed by atoms with Gasteiger partial charge < -0.3 is 18.6 Å². The molecule has 0 fully saturated rings. The number of rotatable bonds is 6. The summed E-state index contributed by atoms with van der Waals surface area (Å²) >= 11 is 0. The molecular formula is C56H34N4O2. The largest absolute Gasteiger partial charge is 0.307 e. The van der Waals surface area contributed by atoms with Gasteiger partial charge in [-0.2, -0.15) is 0 Å². The lowest BCUT2D eigenvalue weighted by atomic mass is 9.99. The summed E-state index contributed by atoms with van der Waals surface area (Å²) in [5, 5.41) is 6.54. The van der Waals surface area contributed by atoms with Gasteiger partial charge in [0.15, 0.2) is 10.9 Å². The van der Waals surface area contributed by atoms with Crippen LogP contribution in [-0.4, -0.2) is 8.80 Å². The van der Waals surface area contributed by atoms with E-state index in [0.717, 1.165) is 88.8 Å². The fraction of sp³-hybridized carbons (Fsp3) is 0. The SMILES string of the molecule is O=c1c2ccccc2n2c3c(N(c4ccccc4)c4ccccc4)c(N(c4ccccc4)c4ccccc4)c4c(c5cccc6c(=O)c7ccccc7n4c65)c3c3cccc1c32. The van der Waals surface area contributed by atoms with Crippen molar-refractivity contribution in [2.45, 2.75) is 0 Å². The molecule has 0 atom stereocenters. The van der Waals surface area contributed by atoms with Crippen LogP contribution in [0.4, 0.5) is 34.1 Å². The molecule has 0 aliphatic carbocycles. The maximum Gasteiger partial charge on any atom is 0.197 e. The Morgan fingerprint density at radius 2 is 0.565 bits per heavy atom. The highest BCUT2D eigenvalue weighted by Gasteiger charge is 2.35. The van der Waals surface area contributed by atoms with Crippen LogP contribution in [0.25, 0.3) is 76.2 Å². The fourth-order valence-electron chi connectivity index (χ4n) is 10.3. The number of hydrogen-bond acceptors (Lipinski definition) is 4. The van der Waals surface area contributed by atoms with Gasteiger partial charge in [0, 0.05) is 65.8 Å². The van der Waals surface area contributed by atoms with Crippen LogP contribution in [0.3, 0.4) is 0 Å². The number of fused-ring (bicyclic) bond motifs is 11. The summed E-state index contributed by atoms with van der Waals surface area (Å²) in [7, 11) is 0. The first-order valence-electron chi connectivity index (χ1n) is 20.9. The van der Waals surface area contributed by atoms with Gasteiger partial charge in [-0.15, -0.1) is 0 Å². The molecule has 62 heavy (non-hydrogen) atoms. The van der Waals surface area contributed by atoms with E-state index in [4.69, 9.17) is 0 Å². The Bertz CT molecular complexity index is 3670. The summed E-state index contributed by atoms with van der Waals surface area (Å²) in [6.45, 7) is 0. The minimum atomic E-state index is -0.000138. The molecule has 0 saturated heterocycles. The maximum absolute atomic E-state index is 14.7. The molecule has 6 heteroatoms. The molecule has 6 nitrogen and oxygen atoms in total. The van der Waals surface area contributed by atoms with E-state index >= 15 is 0 Å². The lowest BCUT2D eigenvalue weighted by Crippen LogP contribution is -2.19. The molecule has 0 radical (unpaired) electrons. The van der Waals surface area contributed by atoms with Gasteiger partial charge in [-0.1, -0.05) is 121 Å². The van der Waals surface area contributed by atoms with Crippen LogP contribution in [0.15, 0.2) is 216 Å². The Balaban J connectivity index is 1.45. The Kier molecular flexibility index (Phi) is 7.22. The average molecular weight is 795 g/mol. The number of para-hydroxylation sites is 8. The Morgan fingerprint density at radius 3 is 0.919 bits per heavy atom. The third-order valence-corrected chi connectivity index (χ3v) is 12.7. The zero-order valence-corrected chi connectivity index (χ0v) is 33.2. The van der Waals surface area contributed by atoms with E-state index in [1.807, 2.05) is 60.7 Å². The number of anilines is 6. The molecule has 0 unspecified atom stereocenters. The van der Waals surface area contributed by atoms with E-state index in [9.17, 15) is 9.59 Å². The predicted molar refractivity (Wildman–Crippen MR) is 258 cm³/mol. The van der Waals surface area contributed by atoms with Crippen LogP contribution in [0.2, 0.25) is 0 Å². The van der Waals surface area contributed by atoms with Crippen molar-refractivity contribution in [3.8, 4) is 0 Å². The lowest BCUT2D eigenvalue weighted by Gasteiger charge is -2.34. The highest BCUT2D eigenvalue weighted by atomic mass is 16.1. The predicted octanol–water partition coefficient (Wildman–Crippen LogP) is 13.6. The van der Waals surface area contributed by atoms with Crippen molar-refractivity contribution in [3.63, 3.8) is 0 Å². The van der Waals surface area contributed by atoms with Crippen molar-refractivity contribution in [1.29, 1.82) is 0 Å². The molecule has 0 aliphatic rings. The monoisotopic (exact) mass is 794 g/mol. The van der Waals surface area contributed by atoms with Crippen molar-refractivity contribution < 1.29 is 0 Å². The van der Waals surface area contributed by atoms with Gasteiger partial charge in [-0.25, -0.2) is 0 Å². The smallest absolute Gasteiger partial charge is 0.197 e. The first-order chi connectivity index (χ1) is 30.7. The van der Waals surface area contributed by atoms with Gasteiger partial charge in [-0.05, 0) is 84.9 Å². The molecule has 0 aliphatic heterocycles. The molecule has 0 bridgehead atoms. The van der Waals surface area contributed by atoms with Gasteiger partial charge >= 0.3 is 0 Å². The van der Waals surface area contributed by atoms with Crippen LogP contribution in [0.1, 0.15) is 0 Å². The summed E-state index contributed by atoms with van der Waals surface area (Å²) < 4.78 is 4.68. The molecule has 4 heterocycles. The van der Waals surface area contributed by atoms with Gasteiger partial charge in [0.2, 0.25) is 0 Å². The Labute approximate surface area is 354 Å². The van der Waals surface area contributed by atoms with Crippen LogP contribution < -0.4 is 20.7 Å². The Morgan fingerprint density at radius 1 is 0.274 bits per heavy atom. The number of hydrogen-bond donors (Lipinski definition) is 0. The topological polar surface area (TPSA) is 49.4 Å². The molecule has 13 rings (SSSR count). The number of pyridine rings is 2. The quantitative estimate of drug-likeness (QED) is 0.124. The zero-order valence-electron chi connectivity index (χ0n) is 33.2. The van der Waals surface area contributed by atoms with Crippen LogP contribution in [-0.2, 0) is 0 Å². The summed E-state index contributed by atoms with van der Waals surface area (Å²) in [5.41, 5.74) is 11.0. The van der Waals surface area contributed by atoms with E-state index in [1.54, 1.807) is 0 Å². The summed E-state index contributed by atoms with van der Waals surface area (Å²) in [5.74, 6) is 0. The fourth-order valence-corrected chi connectivity index (χ4v) is 10.3. The molecule has 0 amide bonds. The highest BCUT2D eigenvalue weighted by Crippen LogP contribution is 2.57. The van der Waals surface area contributed by atoms with Crippen LogP contribution >= 0.6 is 0 Å². The summed E-state index contributed by atoms with van der Waals surface area (Å²) in [4.78, 5) is 34.1. The number of nitrogens with zero attached hydrogens (tertiary/aromatic N) is 4. The van der Waals surface area contributed by atoms with Crippen molar-refractivity contribution in [2.75, 3.05) is 9.80 Å². The summed E-state index contributed by atoms with van der Waals surface area (Å²) in [6.07, 6.45) is 0. The molecular weight excluding hydrogens is 761 g/mol. The van der Waals surface area contributed by atoms with Crippen LogP contribution in [0.5, 0.6) is 0 Å². The van der Waals surface area contributed by atoms with E-state index in [2.05, 4.69) is 164 Å². The van der Waals surface area contributed by atoms with Gasteiger partial charge in [0.1, 0.15) is 0 Å². The molecule has 0 N–H and O–H groups in total. The molecule has 9 aromatic carbocycles. The lowest BCUT2D eigenvalue weighted by molar-refractivity contribution is 1.21. The standard InChI is InChI=1S/C56H34N4O2/c61-55-39-27-13-15-33-45(39)59-49-41(29-17-31-43(49)55)47-48-42-30-18-32-44-50(42)60(46-34-16-14-28-40(46)56(44)62)52(48)54(58(37-23-9-3-10-24-37)38-25-11-4-12-26-38)53(51(47)59)57(35-19-5-1-6-20-35)36-21-7-2-8-22-36/h1-34H. The number of benzene rings is 9. The molecule has 0 saturated carbocycles. The van der Waals surface area contributed by atoms with Crippen molar-refractivity contribution in [1.82, 2.24) is 8.80 Å². The second kappa shape index (κ2) is 13.0. The van der Waals surface area contributed by atoms with E-state index < -0.39 is 0 Å². The maximum atomic E-state index is 14.7. The normalized spacial score (nSPS) is 12.0. The minimum Gasteiger partial charge on any atom is -0.307 e. The number of aromatic nitrogens is 2. The van der Waals surface area contributed by atoms with Gasteiger partial charge in [0.05, 0.1) is 44.5 Å². The molecule has 290 valence electrons. The minimum absolute atomic E-state index is 0.000138. The first kappa shape index (κ1) is 34.4. The van der Waals surface area contributed by atoms with Crippen molar-refractivity contribution in [3.05, 3.63) is 227 Å². The third kappa shape index (κ3) is 4.58. The molecule has 13 aromatic rings. The van der Waals surface area contributed by atoms with Crippen LogP contribution in [0, 0.1) is 0 Å². The average Bonchev–Trinajstić information content (AvgIpc) is 3.87. The Hall–Kier alpha value is -8.48. The second-order valence-corrected chi connectivity index (χ2v) is 15.9. The molecule has 4 aromatic heterocycles. The first-order valence-corrected chi connectivity index (χ1v) is 20.9. The van der Waals surface area contributed by atoms with Crippen molar-refractivity contribution >= 4 is 110 Å². The van der Waals surface area contributed by atoms with Crippen molar-refractivity contribution in [2.24, 2.45) is 0 Å². The van der Waals surface area contributed by atoms with Gasteiger partial charge in [0.25, 0.3) is 0 Å². The zero-order chi connectivity index (χ0) is 41.1. The highest BCUT2D eigenvalue weighted by molar-refractivity contribution is 6.38.